The fourth-order valence-electron chi connectivity index (χ4n) is 2.17. The fraction of sp³-hybridized carbons (Fsp3) is 0.357. The first-order valence-electron chi connectivity index (χ1n) is 6.60. The van der Waals surface area contributed by atoms with E-state index < -0.39 is 0 Å². The number of para-hydroxylation sites is 1. The topological polar surface area (TPSA) is 72.1 Å². The van der Waals surface area contributed by atoms with E-state index in [-0.39, 0.29) is 5.91 Å². The molecule has 0 bridgehead atoms. The van der Waals surface area contributed by atoms with E-state index in [4.69, 9.17) is 5.73 Å². The van der Waals surface area contributed by atoms with E-state index in [0.29, 0.717) is 23.2 Å². The average Bonchev–Trinajstić information content (AvgIpc) is 3.19. The van der Waals surface area contributed by atoms with Gasteiger partial charge in [0.1, 0.15) is 4.88 Å². The number of nitrogens with two attached hydrogens (primary N) is 1. The van der Waals surface area contributed by atoms with Crippen molar-refractivity contribution in [3.05, 3.63) is 40.4 Å². The average molecular weight is 288 g/mol. The highest BCUT2D eigenvalue weighted by Crippen LogP contribution is 2.31. The molecule has 3 rings (SSSR count). The number of nitrogen functional groups attached to an aromatic ring is 1. The Morgan fingerprint density at radius 3 is 2.80 bits per heavy atom. The second-order valence-corrected chi connectivity index (χ2v) is 5.80. The molecule has 2 N–H and O–H groups in total. The van der Waals surface area contributed by atoms with Gasteiger partial charge >= 0.3 is 0 Å². The minimum atomic E-state index is 0.0169. The molecule has 0 aliphatic heterocycles. The molecule has 1 aromatic carbocycles. The number of benzene rings is 1. The smallest absolute Gasteiger partial charge is 0.268 e. The van der Waals surface area contributed by atoms with Gasteiger partial charge in [0, 0.05) is 18.3 Å². The van der Waals surface area contributed by atoms with Crippen LogP contribution in [-0.2, 0) is 6.54 Å². The van der Waals surface area contributed by atoms with E-state index in [1.165, 1.54) is 0 Å². The minimum Gasteiger partial charge on any atom is -0.398 e. The molecule has 5 nitrogen and oxygen atoms in total. The third-order valence-electron chi connectivity index (χ3n) is 3.49. The van der Waals surface area contributed by atoms with Crippen LogP contribution < -0.4 is 5.73 Å². The first-order chi connectivity index (χ1) is 9.66. The number of amides is 1. The van der Waals surface area contributed by atoms with Crippen LogP contribution in [0.4, 0.5) is 5.69 Å². The second kappa shape index (κ2) is 5.20. The first-order valence-corrected chi connectivity index (χ1v) is 7.37. The number of anilines is 1. The summed E-state index contributed by atoms with van der Waals surface area (Å²) >= 11 is 1.16. The lowest BCUT2D eigenvalue weighted by molar-refractivity contribution is 0.0734. The van der Waals surface area contributed by atoms with E-state index in [1.54, 1.807) is 0 Å². The van der Waals surface area contributed by atoms with Crippen molar-refractivity contribution < 1.29 is 4.79 Å². The highest BCUT2D eigenvalue weighted by Gasteiger charge is 2.34. The van der Waals surface area contributed by atoms with E-state index in [2.05, 4.69) is 9.59 Å². The summed E-state index contributed by atoms with van der Waals surface area (Å²) < 4.78 is 3.85. The normalized spacial score (nSPS) is 14.2. The lowest BCUT2D eigenvalue weighted by atomic mass is 10.1. The number of hydrogen-bond donors (Lipinski definition) is 1. The van der Waals surface area contributed by atoms with Crippen molar-refractivity contribution in [2.45, 2.75) is 32.4 Å². The maximum absolute atomic E-state index is 12.6. The summed E-state index contributed by atoms with van der Waals surface area (Å²) in [6.07, 6.45) is 2.12. The van der Waals surface area contributed by atoms with Crippen LogP contribution in [0.15, 0.2) is 24.3 Å². The van der Waals surface area contributed by atoms with E-state index >= 15 is 0 Å². The third kappa shape index (κ3) is 2.51. The quantitative estimate of drug-likeness (QED) is 0.876. The predicted molar refractivity (Wildman–Crippen MR) is 78.4 cm³/mol. The number of carbonyl (C=O) groups excluding carboxylic acids is 1. The molecular weight excluding hydrogens is 272 g/mol. The Balaban J connectivity index is 1.85. The molecule has 1 heterocycles. The van der Waals surface area contributed by atoms with Crippen LogP contribution >= 0.6 is 11.5 Å². The van der Waals surface area contributed by atoms with E-state index in [0.717, 1.165) is 35.6 Å². The van der Waals surface area contributed by atoms with Gasteiger partial charge in [-0.3, -0.25) is 4.79 Å². The van der Waals surface area contributed by atoms with Crippen molar-refractivity contribution in [2.24, 2.45) is 0 Å². The van der Waals surface area contributed by atoms with Gasteiger partial charge in [-0.05, 0) is 42.9 Å². The van der Waals surface area contributed by atoms with Crippen molar-refractivity contribution in [3.63, 3.8) is 0 Å². The fourth-order valence-corrected chi connectivity index (χ4v) is 2.79. The number of hydrogen-bond acceptors (Lipinski definition) is 5. The molecular formula is C14H16N4OS. The molecule has 0 saturated heterocycles. The Labute approximate surface area is 121 Å². The Bertz CT molecular complexity index is 636. The van der Waals surface area contributed by atoms with Crippen LogP contribution in [0.25, 0.3) is 0 Å². The second-order valence-electron chi connectivity index (χ2n) is 5.05. The molecule has 1 aliphatic carbocycles. The molecule has 104 valence electrons. The zero-order valence-corrected chi connectivity index (χ0v) is 12.1. The van der Waals surface area contributed by atoms with Gasteiger partial charge in [0.15, 0.2) is 0 Å². The zero-order chi connectivity index (χ0) is 14.1. The molecule has 1 fully saturated rings. The standard InChI is InChI=1S/C14H16N4OS/c1-9-13(20-17-16-9)14(19)18(11-6-7-11)8-10-4-2-3-5-12(10)15/h2-5,11H,6-8,15H2,1H3. The van der Waals surface area contributed by atoms with Gasteiger partial charge < -0.3 is 10.6 Å². The van der Waals surface area contributed by atoms with Crippen molar-refractivity contribution in [1.82, 2.24) is 14.5 Å². The third-order valence-corrected chi connectivity index (χ3v) is 4.31. The molecule has 20 heavy (non-hydrogen) atoms. The largest absolute Gasteiger partial charge is 0.398 e. The summed E-state index contributed by atoms with van der Waals surface area (Å²) in [5, 5.41) is 3.92. The van der Waals surface area contributed by atoms with Crippen LogP contribution in [0.5, 0.6) is 0 Å². The Hall–Kier alpha value is -1.95. The van der Waals surface area contributed by atoms with Crippen molar-refractivity contribution in [1.29, 1.82) is 0 Å². The Kier molecular flexibility index (Phi) is 3.40. The van der Waals surface area contributed by atoms with E-state index in [1.807, 2.05) is 36.1 Å². The van der Waals surface area contributed by atoms with Crippen LogP contribution in [0.3, 0.4) is 0 Å². The van der Waals surface area contributed by atoms with Crippen LogP contribution in [-0.4, -0.2) is 26.4 Å². The number of aryl methyl sites for hydroxylation is 1. The van der Waals surface area contributed by atoms with Crippen molar-refractivity contribution in [2.75, 3.05) is 5.73 Å². The molecule has 6 heteroatoms. The van der Waals surface area contributed by atoms with Gasteiger partial charge in [-0.25, -0.2) is 0 Å². The van der Waals surface area contributed by atoms with Gasteiger partial charge in [-0.1, -0.05) is 22.7 Å². The monoisotopic (exact) mass is 288 g/mol. The zero-order valence-electron chi connectivity index (χ0n) is 11.2. The molecule has 0 unspecified atom stereocenters. The van der Waals surface area contributed by atoms with E-state index in [9.17, 15) is 4.79 Å². The molecule has 1 aromatic heterocycles. The molecule has 0 spiro atoms. The Morgan fingerprint density at radius 1 is 1.45 bits per heavy atom. The van der Waals surface area contributed by atoms with Crippen molar-refractivity contribution >= 4 is 23.1 Å². The maximum Gasteiger partial charge on any atom is 0.268 e. The highest BCUT2D eigenvalue weighted by molar-refractivity contribution is 7.07. The molecule has 0 atom stereocenters. The maximum atomic E-state index is 12.6. The summed E-state index contributed by atoms with van der Waals surface area (Å²) in [6, 6.07) is 8.00. The number of carbonyl (C=O) groups is 1. The van der Waals surface area contributed by atoms with Crippen molar-refractivity contribution in [3.8, 4) is 0 Å². The summed E-state index contributed by atoms with van der Waals surface area (Å²) in [5.41, 5.74) is 8.39. The van der Waals surface area contributed by atoms with Gasteiger partial charge in [0.2, 0.25) is 0 Å². The van der Waals surface area contributed by atoms with Gasteiger partial charge in [0.05, 0.1) is 5.69 Å². The lowest BCUT2D eigenvalue weighted by Gasteiger charge is -2.22. The number of nitrogens with zero attached hydrogens (tertiary/aromatic N) is 3. The summed E-state index contributed by atoms with van der Waals surface area (Å²) in [4.78, 5) is 15.2. The van der Waals surface area contributed by atoms with Gasteiger partial charge in [0.25, 0.3) is 5.91 Å². The molecule has 1 saturated carbocycles. The number of aromatic nitrogens is 2. The number of rotatable bonds is 4. The highest BCUT2D eigenvalue weighted by atomic mass is 32.1. The lowest BCUT2D eigenvalue weighted by Crippen LogP contribution is -2.32. The minimum absolute atomic E-state index is 0.0169. The summed E-state index contributed by atoms with van der Waals surface area (Å²) in [7, 11) is 0. The molecule has 1 aliphatic rings. The molecule has 1 amide bonds. The predicted octanol–water partition coefficient (Wildman–Crippen LogP) is 2.23. The first kappa shape index (κ1) is 13.1. The SMILES string of the molecule is Cc1nnsc1C(=O)N(Cc1ccccc1N)C1CC1. The van der Waals surface area contributed by atoms with Crippen LogP contribution in [0, 0.1) is 6.92 Å². The van der Waals surface area contributed by atoms with Gasteiger partial charge in [-0.15, -0.1) is 5.10 Å². The van der Waals surface area contributed by atoms with Crippen LogP contribution in [0.2, 0.25) is 0 Å². The van der Waals surface area contributed by atoms with Gasteiger partial charge in [-0.2, -0.15) is 0 Å². The summed E-state index contributed by atoms with van der Waals surface area (Å²) in [5.74, 6) is 0.0169. The molecule has 0 radical (unpaired) electrons. The molecule has 2 aromatic rings. The summed E-state index contributed by atoms with van der Waals surface area (Å²) in [6.45, 7) is 2.37. The Morgan fingerprint density at radius 2 is 2.20 bits per heavy atom. The van der Waals surface area contributed by atoms with Crippen LogP contribution in [0.1, 0.15) is 33.8 Å².